The maximum Gasteiger partial charge on any atom is -0.0253 e. The van der Waals surface area contributed by atoms with Crippen molar-refractivity contribution in [2.75, 3.05) is 0 Å². The van der Waals surface area contributed by atoms with Gasteiger partial charge in [-0.15, -0.1) is 5.56 Å². The Morgan fingerprint density at radius 3 is 2.00 bits per heavy atom. The van der Waals surface area contributed by atoms with Gasteiger partial charge in [-0.3, -0.25) is 6.08 Å². The van der Waals surface area contributed by atoms with Crippen molar-refractivity contribution in [1.29, 1.82) is 0 Å². The molecule has 0 nitrogen and oxygen atoms in total. The van der Waals surface area contributed by atoms with Crippen LogP contribution in [0.25, 0.3) is 11.1 Å². The topological polar surface area (TPSA) is 0 Å². The van der Waals surface area contributed by atoms with Gasteiger partial charge in [0.15, 0.2) is 0 Å². The summed E-state index contributed by atoms with van der Waals surface area (Å²) >= 11 is 1.51. The van der Waals surface area contributed by atoms with Crippen LogP contribution in [-0.4, -0.2) is 3.21 Å². The Kier molecular flexibility index (Phi) is 11.5. The summed E-state index contributed by atoms with van der Waals surface area (Å²) in [5.74, 6) is 3.82. The second-order valence-corrected chi connectivity index (χ2v) is 15.1. The molecule has 9 rings (SSSR count). The molecule has 6 aliphatic carbocycles. The summed E-state index contributed by atoms with van der Waals surface area (Å²) in [5, 5.41) is 0. The van der Waals surface area contributed by atoms with Crippen LogP contribution in [0.1, 0.15) is 82.4 Å². The van der Waals surface area contributed by atoms with E-state index < -0.39 is 0 Å². The molecule has 0 spiro atoms. The van der Waals surface area contributed by atoms with E-state index in [4.69, 9.17) is 0 Å². The van der Waals surface area contributed by atoms with E-state index in [1.807, 2.05) is 12.1 Å². The molecule has 0 N–H and O–H groups in total. The summed E-state index contributed by atoms with van der Waals surface area (Å²) in [6.45, 7) is 6.71. The molecular formula is C39H42Cl2Zr-2. The molecule has 0 radical (unpaired) electrons. The Hall–Kier alpha value is -1.53. The number of halogens is 2. The molecule has 4 saturated carbocycles. The largest absolute Gasteiger partial charge is 1.00 e. The first kappa shape index (κ1) is 33.4. The predicted molar refractivity (Wildman–Crippen MR) is 165 cm³/mol. The fourth-order valence-electron chi connectivity index (χ4n) is 8.69. The molecule has 218 valence electrons. The van der Waals surface area contributed by atoms with Crippen LogP contribution in [-0.2, 0) is 30.7 Å². The number of rotatable bonds is 3. The van der Waals surface area contributed by atoms with Crippen molar-refractivity contribution in [3.8, 4) is 11.1 Å². The van der Waals surface area contributed by atoms with Gasteiger partial charge in [0.1, 0.15) is 0 Å². The van der Waals surface area contributed by atoms with E-state index in [2.05, 4.69) is 99.7 Å². The summed E-state index contributed by atoms with van der Waals surface area (Å²) in [6, 6.07) is 28.6. The third-order valence-electron chi connectivity index (χ3n) is 9.93. The molecular weight excluding hydrogens is 631 g/mol. The first-order valence-electron chi connectivity index (χ1n) is 15.4. The standard InChI is InChI=1S/C18H25.C13H9.C8H8.2ClH.Zr/c1-12-3-13(2)17(4-12)11-18-8-14-5-15(9-18)7-16(6-14)10-18;1-3-7-12-10(5-1)9-11-6-2-4-8-13(11)12;1-2-8-6-4-3-5-7-8;;;/h4,12,14-16H,5-11H2,1-2H3;1-5,7-8H,9H2;3-7H,1H3;2*1H;/q2*-1;;;;+2/p-2. The van der Waals surface area contributed by atoms with Gasteiger partial charge < -0.3 is 24.8 Å². The number of fused-ring (bicyclic) bond motifs is 3. The van der Waals surface area contributed by atoms with Gasteiger partial charge in [-0.1, -0.05) is 61.6 Å². The van der Waals surface area contributed by atoms with Crippen molar-refractivity contribution >= 4 is 3.21 Å². The third kappa shape index (κ3) is 7.57. The Balaban J connectivity index is 0.000000150. The summed E-state index contributed by atoms with van der Waals surface area (Å²) in [4.78, 5) is 0. The second kappa shape index (κ2) is 14.5. The molecule has 1 atom stereocenters. The predicted octanol–water partition coefficient (Wildman–Crippen LogP) is 3.76. The Labute approximate surface area is 281 Å². The van der Waals surface area contributed by atoms with Gasteiger partial charge in [-0.2, -0.15) is 41.5 Å². The van der Waals surface area contributed by atoms with Crippen LogP contribution < -0.4 is 24.8 Å². The molecule has 0 amide bonds. The van der Waals surface area contributed by atoms with Gasteiger partial charge in [0.25, 0.3) is 0 Å². The molecule has 1 unspecified atom stereocenters. The van der Waals surface area contributed by atoms with Crippen molar-refractivity contribution in [3.05, 3.63) is 119 Å². The van der Waals surface area contributed by atoms with Gasteiger partial charge in [-0.25, -0.2) is 5.57 Å². The van der Waals surface area contributed by atoms with Gasteiger partial charge >= 0.3 is 70.3 Å². The smallest absolute Gasteiger partial charge is 0.0253 e. The van der Waals surface area contributed by atoms with Crippen LogP contribution >= 0.6 is 0 Å². The van der Waals surface area contributed by atoms with Gasteiger partial charge in [0.2, 0.25) is 0 Å². The number of hydrogen-bond donors (Lipinski definition) is 0. The van der Waals surface area contributed by atoms with Crippen LogP contribution in [0.4, 0.5) is 0 Å². The van der Waals surface area contributed by atoms with E-state index in [0.717, 1.165) is 24.2 Å². The van der Waals surface area contributed by atoms with E-state index in [1.165, 1.54) is 67.3 Å². The van der Waals surface area contributed by atoms with Crippen molar-refractivity contribution in [2.45, 2.75) is 72.1 Å². The monoisotopic (exact) mass is 670 g/mol. The minimum Gasteiger partial charge on any atom is -1.00 e. The summed E-state index contributed by atoms with van der Waals surface area (Å²) in [7, 11) is 0. The van der Waals surface area contributed by atoms with Crippen LogP contribution in [0.5, 0.6) is 0 Å². The van der Waals surface area contributed by atoms with Crippen molar-refractivity contribution in [1.82, 2.24) is 0 Å². The quantitative estimate of drug-likeness (QED) is 0.291. The van der Waals surface area contributed by atoms with Crippen LogP contribution in [0.2, 0.25) is 0 Å². The van der Waals surface area contributed by atoms with Crippen molar-refractivity contribution in [2.24, 2.45) is 29.1 Å². The molecule has 4 fully saturated rings. The summed E-state index contributed by atoms with van der Waals surface area (Å²) in [6.07, 6.45) is 17.8. The van der Waals surface area contributed by atoms with Crippen molar-refractivity contribution in [3.63, 3.8) is 0 Å². The van der Waals surface area contributed by atoms with E-state index in [-0.39, 0.29) is 24.8 Å². The maximum absolute atomic E-state index is 3.57. The maximum atomic E-state index is 3.57. The van der Waals surface area contributed by atoms with E-state index >= 15 is 0 Å². The molecule has 3 aromatic carbocycles. The molecule has 42 heavy (non-hydrogen) atoms. The molecule has 6 aliphatic rings. The third-order valence-corrected chi connectivity index (χ3v) is 10.6. The van der Waals surface area contributed by atoms with Gasteiger partial charge in [0, 0.05) is 0 Å². The molecule has 3 heteroatoms. The van der Waals surface area contributed by atoms with Crippen LogP contribution in [0.3, 0.4) is 0 Å². The molecule has 0 aliphatic heterocycles. The summed E-state index contributed by atoms with van der Waals surface area (Å²) < 4.78 is 1.46. The van der Waals surface area contributed by atoms with E-state index in [1.54, 1.807) is 44.1 Å². The van der Waals surface area contributed by atoms with E-state index in [0.29, 0.717) is 11.3 Å². The molecule has 3 aromatic rings. The minimum absolute atomic E-state index is 0. The van der Waals surface area contributed by atoms with E-state index in [9.17, 15) is 0 Å². The molecule has 4 bridgehead atoms. The first-order valence-corrected chi connectivity index (χ1v) is 16.6. The van der Waals surface area contributed by atoms with Gasteiger partial charge in [0.05, 0.1) is 0 Å². The first-order chi connectivity index (χ1) is 19.4. The van der Waals surface area contributed by atoms with Crippen molar-refractivity contribution < 1.29 is 49.0 Å². The molecule has 0 heterocycles. The fourth-order valence-corrected chi connectivity index (χ4v) is 9.10. The van der Waals surface area contributed by atoms with Crippen LogP contribution in [0, 0.1) is 41.2 Å². The number of hydrogen-bond acceptors (Lipinski definition) is 0. The minimum atomic E-state index is 0. The average Bonchev–Trinajstić information content (AvgIpc) is 3.47. The SMILES string of the molecule is CC1=[C-]C(C)C=C1CC12CC3CC(CC(C3)C1)C2.C[C](=[Zr+2])c1ccccc1.[Cl-].[Cl-].[c-]1cccc2c1Cc1ccccc1-2. The normalized spacial score (nSPS) is 27.0. The zero-order valence-electron chi connectivity index (χ0n) is 25.2. The van der Waals surface area contributed by atoms with Crippen LogP contribution in [0.15, 0.2) is 90.0 Å². The van der Waals surface area contributed by atoms with Gasteiger partial charge in [-0.05, 0) is 68.1 Å². The second-order valence-electron chi connectivity index (χ2n) is 13.2. The Morgan fingerprint density at radius 2 is 1.43 bits per heavy atom. The zero-order valence-corrected chi connectivity index (χ0v) is 29.2. The average molecular weight is 673 g/mol. The zero-order chi connectivity index (χ0) is 27.7. The fraction of sp³-hybridized carbons (Fsp3) is 0.410. The number of allylic oxidation sites excluding steroid dienone is 4. The Bertz CT molecular complexity index is 1350. The molecule has 0 saturated heterocycles. The summed E-state index contributed by atoms with van der Waals surface area (Å²) in [5.41, 5.74) is 10.7. The Morgan fingerprint density at radius 1 is 0.833 bits per heavy atom. The number of benzene rings is 3. The molecule has 0 aromatic heterocycles.